The molecule has 1 aromatic rings. The van der Waals surface area contributed by atoms with Crippen LogP contribution in [0.1, 0.15) is 32.4 Å². The zero-order valence-corrected chi connectivity index (χ0v) is 11.1. The molecule has 0 aliphatic carbocycles. The Labute approximate surface area is 107 Å². The Bertz CT molecular complexity index is 384. The fourth-order valence-electron chi connectivity index (χ4n) is 2.42. The van der Waals surface area contributed by atoms with Gasteiger partial charge in [0.15, 0.2) is 0 Å². The lowest BCUT2D eigenvalue weighted by Gasteiger charge is -2.30. The molecule has 1 aromatic heterocycles. The van der Waals surface area contributed by atoms with Crippen LogP contribution in [-0.2, 0) is 16.9 Å². The first kappa shape index (κ1) is 12.9. The maximum atomic E-state index is 10.7. The summed E-state index contributed by atoms with van der Waals surface area (Å²) in [7, 11) is 0. The van der Waals surface area contributed by atoms with Crippen LogP contribution in [0.25, 0.3) is 0 Å². The predicted molar refractivity (Wildman–Crippen MR) is 66.0 cm³/mol. The third kappa shape index (κ3) is 2.34. The van der Waals surface area contributed by atoms with E-state index in [2.05, 4.69) is 12.0 Å². The van der Waals surface area contributed by atoms with Crippen LogP contribution in [0.3, 0.4) is 0 Å². The number of hydrogen-bond acceptors (Lipinski definition) is 3. The summed E-state index contributed by atoms with van der Waals surface area (Å²) in [5.74, 6) is 0.0901. The first-order chi connectivity index (χ1) is 8.07. The third-order valence-corrected chi connectivity index (χ3v) is 3.71. The van der Waals surface area contributed by atoms with E-state index < -0.39 is 5.60 Å². The Kier molecular flexibility index (Phi) is 3.76. The van der Waals surface area contributed by atoms with Gasteiger partial charge in [-0.25, -0.2) is 0 Å². The molecule has 0 bridgehead atoms. The van der Waals surface area contributed by atoms with Crippen molar-refractivity contribution in [3.05, 3.63) is 16.9 Å². The van der Waals surface area contributed by atoms with Crippen molar-refractivity contribution in [1.82, 2.24) is 9.78 Å². The molecule has 0 radical (unpaired) electrons. The van der Waals surface area contributed by atoms with Gasteiger partial charge in [-0.3, -0.25) is 4.68 Å². The topological polar surface area (TPSA) is 47.3 Å². The molecule has 1 N–H and O–H groups in total. The van der Waals surface area contributed by atoms with E-state index in [1.165, 1.54) is 0 Å². The van der Waals surface area contributed by atoms with Crippen molar-refractivity contribution in [3.63, 3.8) is 0 Å². The first-order valence-electron chi connectivity index (χ1n) is 6.09. The fourth-order valence-corrected chi connectivity index (χ4v) is 2.75. The summed E-state index contributed by atoms with van der Waals surface area (Å²) in [6.07, 6.45) is 3.43. The summed E-state index contributed by atoms with van der Waals surface area (Å²) in [6.45, 7) is 5.95. The van der Waals surface area contributed by atoms with E-state index in [0.717, 1.165) is 25.1 Å². The van der Waals surface area contributed by atoms with Crippen LogP contribution in [0.5, 0.6) is 0 Å². The van der Waals surface area contributed by atoms with Gasteiger partial charge in [0.1, 0.15) is 5.60 Å². The van der Waals surface area contributed by atoms with Gasteiger partial charge in [-0.15, -0.1) is 0 Å². The van der Waals surface area contributed by atoms with Gasteiger partial charge in [-0.05, 0) is 19.8 Å². The minimum absolute atomic E-state index is 0.0901. The van der Waals surface area contributed by atoms with Crippen LogP contribution < -0.4 is 0 Å². The van der Waals surface area contributed by atoms with E-state index >= 15 is 0 Å². The molecular weight excluding hydrogens is 240 g/mol. The maximum absolute atomic E-state index is 10.7. The number of rotatable bonds is 4. The molecule has 1 aliphatic heterocycles. The molecule has 0 amide bonds. The number of halogens is 1. The highest BCUT2D eigenvalue weighted by molar-refractivity contribution is 6.31. The van der Waals surface area contributed by atoms with Gasteiger partial charge in [0.25, 0.3) is 0 Å². The van der Waals surface area contributed by atoms with E-state index in [9.17, 15) is 5.11 Å². The standard InChI is InChI=1S/C12H19ClN2O2/c1-3-5-15-11(10(13)7-14-15)12(2,16)9-4-6-17-8-9/h7,9,16H,3-6,8H2,1-2H3. The van der Waals surface area contributed by atoms with Gasteiger partial charge in [-0.2, -0.15) is 5.10 Å². The zero-order valence-electron chi connectivity index (χ0n) is 10.3. The Morgan fingerprint density at radius 2 is 2.47 bits per heavy atom. The van der Waals surface area contributed by atoms with E-state index in [-0.39, 0.29) is 5.92 Å². The van der Waals surface area contributed by atoms with Gasteiger partial charge in [-0.1, -0.05) is 18.5 Å². The lowest BCUT2D eigenvalue weighted by molar-refractivity contribution is -0.0173. The van der Waals surface area contributed by atoms with Crippen molar-refractivity contribution >= 4 is 11.6 Å². The fraction of sp³-hybridized carbons (Fsp3) is 0.750. The van der Waals surface area contributed by atoms with Crippen LogP contribution in [0.4, 0.5) is 0 Å². The molecule has 1 saturated heterocycles. The SMILES string of the molecule is CCCn1ncc(Cl)c1C(C)(O)C1CCOC1. The number of ether oxygens (including phenoxy) is 1. The Balaban J connectivity index is 2.33. The highest BCUT2D eigenvalue weighted by atomic mass is 35.5. The number of aromatic nitrogens is 2. The molecule has 17 heavy (non-hydrogen) atoms. The zero-order chi connectivity index (χ0) is 12.5. The molecule has 2 atom stereocenters. The Hall–Kier alpha value is -0.580. The van der Waals surface area contributed by atoms with Gasteiger partial charge >= 0.3 is 0 Å². The molecule has 0 aromatic carbocycles. The van der Waals surface area contributed by atoms with Crippen LogP contribution >= 0.6 is 11.6 Å². The van der Waals surface area contributed by atoms with Crippen LogP contribution in [0.15, 0.2) is 6.20 Å². The van der Waals surface area contributed by atoms with Gasteiger partial charge in [0.05, 0.1) is 23.5 Å². The second kappa shape index (κ2) is 4.96. The number of aryl methyl sites for hydroxylation is 1. The second-order valence-corrected chi connectivity index (χ2v) is 5.18. The lowest BCUT2D eigenvalue weighted by atomic mass is 9.85. The van der Waals surface area contributed by atoms with Crippen LogP contribution in [-0.4, -0.2) is 28.1 Å². The van der Waals surface area contributed by atoms with Crippen molar-refractivity contribution < 1.29 is 9.84 Å². The molecule has 96 valence electrons. The third-order valence-electron chi connectivity index (χ3n) is 3.43. The van der Waals surface area contributed by atoms with Crippen LogP contribution in [0.2, 0.25) is 5.02 Å². The molecule has 5 heteroatoms. The monoisotopic (exact) mass is 258 g/mol. The van der Waals surface area contributed by atoms with Gasteiger partial charge in [0.2, 0.25) is 0 Å². The van der Waals surface area contributed by atoms with Gasteiger partial charge < -0.3 is 9.84 Å². The molecule has 1 fully saturated rings. The maximum Gasteiger partial charge on any atom is 0.110 e. The number of aliphatic hydroxyl groups is 1. The quantitative estimate of drug-likeness (QED) is 0.901. The smallest absolute Gasteiger partial charge is 0.110 e. The van der Waals surface area contributed by atoms with Crippen molar-refractivity contribution in [2.24, 2.45) is 5.92 Å². The highest BCUT2D eigenvalue weighted by Gasteiger charge is 2.40. The normalized spacial score (nSPS) is 23.9. The first-order valence-corrected chi connectivity index (χ1v) is 6.47. The summed E-state index contributed by atoms with van der Waals surface area (Å²) in [6, 6.07) is 0. The van der Waals surface area contributed by atoms with E-state index in [1.807, 2.05) is 0 Å². The van der Waals surface area contributed by atoms with Crippen molar-refractivity contribution in [2.45, 2.75) is 38.8 Å². The molecule has 0 saturated carbocycles. The summed E-state index contributed by atoms with van der Waals surface area (Å²) < 4.78 is 7.15. The average molecular weight is 259 g/mol. The summed E-state index contributed by atoms with van der Waals surface area (Å²) in [5.41, 5.74) is -0.254. The summed E-state index contributed by atoms with van der Waals surface area (Å²) >= 11 is 6.16. The van der Waals surface area contributed by atoms with Crippen molar-refractivity contribution in [3.8, 4) is 0 Å². The molecular formula is C12H19ClN2O2. The predicted octanol–water partition coefficient (Wildman–Crippen LogP) is 2.19. The molecule has 1 aliphatic rings. The van der Waals surface area contributed by atoms with E-state index in [1.54, 1.807) is 17.8 Å². The van der Waals surface area contributed by atoms with Crippen molar-refractivity contribution in [2.75, 3.05) is 13.2 Å². The lowest BCUT2D eigenvalue weighted by Crippen LogP contribution is -2.35. The minimum Gasteiger partial charge on any atom is -0.383 e. The largest absolute Gasteiger partial charge is 0.383 e. The summed E-state index contributed by atoms with van der Waals surface area (Å²) in [5, 5.41) is 15.5. The van der Waals surface area contributed by atoms with Gasteiger partial charge in [0, 0.05) is 19.1 Å². The molecule has 4 nitrogen and oxygen atoms in total. The molecule has 0 spiro atoms. The number of nitrogens with zero attached hydrogens (tertiary/aromatic N) is 2. The average Bonchev–Trinajstić information content (AvgIpc) is 2.88. The van der Waals surface area contributed by atoms with E-state index in [4.69, 9.17) is 16.3 Å². The van der Waals surface area contributed by atoms with Crippen molar-refractivity contribution in [1.29, 1.82) is 0 Å². The van der Waals surface area contributed by atoms with E-state index in [0.29, 0.717) is 18.2 Å². The number of hydrogen-bond donors (Lipinski definition) is 1. The Morgan fingerprint density at radius 1 is 1.71 bits per heavy atom. The Morgan fingerprint density at radius 3 is 3.06 bits per heavy atom. The van der Waals surface area contributed by atoms with Crippen LogP contribution in [0, 0.1) is 5.92 Å². The molecule has 2 heterocycles. The molecule has 2 rings (SSSR count). The second-order valence-electron chi connectivity index (χ2n) is 4.77. The highest BCUT2D eigenvalue weighted by Crippen LogP contribution is 2.38. The summed E-state index contributed by atoms with van der Waals surface area (Å²) in [4.78, 5) is 0. The minimum atomic E-state index is -0.973. The molecule has 2 unspecified atom stereocenters.